The maximum Gasteiger partial charge on any atom is 0.296 e. The van der Waals surface area contributed by atoms with Crippen LogP contribution in [0, 0.1) is 5.92 Å². The first-order valence-corrected chi connectivity index (χ1v) is 11.6. The van der Waals surface area contributed by atoms with Gasteiger partial charge >= 0.3 is 0 Å². The van der Waals surface area contributed by atoms with E-state index in [4.69, 9.17) is 13.7 Å². The van der Waals surface area contributed by atoms with E-state index in [-0.39, 0.29) is 17.8 Å². The number of benzene rings is 1. The van der Waals surface area contributed by atoms with E-state index >= 15 is 0 Å². The van der Waals surface area contributed by atoms with Crippen molar-refractivity contribution >= 4 is 10.1 Å². The molecule has 154 valence electrons. The first-order valence-electron chi connectivity index (χ1n) is 10.2. The van der Waals surface area contributed by atoms with Crippen LogP contribution in [-0.2, 0) is 30.4 Å². The lowest BCUT2D eigenvalue weighted by molar-refractivity contribution is -0.168. The molecule has 2 atom stereocenters. The lowest BCUT2D eigenvalue weighted by Crippen LogP contribution is -2.22. The molecule has 0 N–H and O–H groups in total. The molecule has 0 spiro atoms. The van der Waals surface area contributed by atoms with E-state index in [1.54, 1.807) is 24.3 Å². The Morgan fingerprint density at radius 2 is 1.93 bits per heavy atom. The molecule has 1 fully saturated rings. The Bertz CT molecular complexity index is 620. The molecule has 0 radical (unpaired) electrons. The van der Waals surface area contributed by atoms with Crippen LogP contribution < -0.4 is 0 Å². The summed E-state index contributed by atoms with van der Waals surface area (Å²) in [7, 11) is -3.69. The van der Waals surface area contributed by atoms with Gasteiger partial charge in [-0.2, -0.15) is 8.42 Å². The topological polar surface area (TPSA) is 61.8 Å². The SMILES string of the molecule is CCC(C)CCCCCOS(=O)(=O)c1ccc(COC2CCCCO2)cc1. The molecule has 1 heterocycles. The molecule has 1 aliphatic heterocycles. The van der Waals surface area contributed by atoms with Gasteiger partial charge in [-0.3, -0.25) is 4.18 Å². The monoisotopic (exact) mass is 398 g/mol. The van der Waals surface area contributed by atoms with Crippen molar-refractivity contribution in [1.82, 2.24) is 0 Å². The minimum atomic E-state index is -3.69. The molecule has 5 nitrogen and oxygen atoms in total. The Kier molecular flexibility index (Phi) is 9.76. The van der Waals surface area contributed by atoms with Crippen molar-refractivity contribution < 1.29 is 22.1 Å². The second-order valence-electron chi connectivity index (χ2n) is 7.39. The van der Waals surface area contributed by atoms with Gasteiger partial charge in [0.15, 0.2) is 6.29 Å². The number of ether oxygens (including phenoxy) is 2. The Balaban J connectivity index is 1.70. The largest absolute Gasteiger partial charge is 0.353 e. The highest BCUT2D eigenvalue weighted by Gasteiger charge is 2.16. The molecule has 0 saturated carbocycles. The molecule has 1 saturated heterocycles. The summed E-state index contributed by atoms with van der Waals surface area (Å²) in [6, 6.07) is 6.70. The van der Waals surface area contributed by atoms with Crippen LogP contribution >= 0.6 is 0 Å². The summed E-state index contributed by atoms with van der Waals surface area (Å²) in [4.78, 5) is 0.194. The van der Waals surface area contributed by atoms with Crippen LogP contribution in [0.5, 0.6) is 0 Å². The van der Waals surface area contributed by atoms with Gasteiger partial charge in [0.25, 0.3) is 10.1 Å². The van der Waals surface area contributed by atoms with Gasteiger partial charge in [-0.25, -0.2) is 0 Å². The molecule has 0 aliphatic carbocycles. The Labute approximate surface area is 164 Å². The fourth-order valence-electron chi connectivity index (χ4n) is 3.00. The van der Waals surface area contributed by atoms with Crippen LogP contribution in [0.25, 0.3) is 0 Å². The van der Waals surface area contributed by atoms with Gasteiger partial charge in [0.05, 0.1) is 18.1 Å². The first-order chi connectivity index (χ1) is 13.0. The maximum absolute atomic E-state index is 12.3. The maximum atomic E-state index is 12.3. The van der Waals surface area contributed by atoms with E-state index in [1.807, 2.05) is 0 Å². The van der Waals surface area contributed by atoms with E-state index in [0.29, 0.717) is 6.61 Å². The summed E-state index contributed by atoms with van der Waals surface area (Å²) in [5.74, 6) is 0.738. The standard InChI is InChI=1S/C21H34O5S/c1-3-18(2)9-5-4-7-16-26-27(22,23)20-13-11-19(12-14-20)17-25-21-10-6-8-15-24-21/h11-14,18,21H,3-10,15-17H2,1-2H3. The third-order valence-electron chi connectivity index (χ3n) is 5.06. The van der Waals surface area contributed by atoms with Gasteiger partial charge in [-0.15, -0.1) is 0 Å². The zero-order valence-electron chi connectivity index (χ0n) is 16.7. The molecule has 1 aromatic rings. The van der Waals surface area contributed by atoms with Crippen molar-refractivity contribution in [2.24, 2.45) is 5.92 Å². The molecule has 27 heavy (non-hydrogen) atoms. The third kappa shape index (κ3) is 8.30. The average molecular weight is 399 g/mol. The van der Waals surface area contributed by atoms with E-state index in [0.717, 1.165) is 56.6 Å². The summed E-state index contributed by atoms with van der Waals surface area (Å²) >= 11 is 0. The number of hydrogen-bond acceptors (Lipinski definition) is 5. The average Bonchev–Trinajstić information content (AvgIpc) is 2.70. The van der Waals surface area contributed by atoms with E-state index < -0.39 is 10.1 Å². The molecular weight excluding hydrogens is 364 g/mol. The summed E-state index contributed by atoms with van der Waals surface area (Å²) in [5, 5.41) is 0. The van der Waals surface area contributed by atoms with Gasteiger partial charge in [-0.05, 0) is 49.3 Å². The van der Waals surface area contributed by atoms with Gasteiger partial charge in [-0.1, -0.05) is 51.7 Å². The van der Waals surface area contributed by atoms with E-state index in [2.05, 4.69) is 13.8 Å². The van der Waals surface area contributed by atoms with Crippen LogP contribution in [-0.4, -0.2) is 27.9 Å². The van der Waals surface area contributed by atoms with Gasteiger partial charge < -0.3 is 9.47 Å². The Hall–Kier alpha value is -0.950. The molecule has 0 bridgehead atoms. The lowest BCUT2D eigenvalue weighted by atomic mass is 10.0. The van der Waals surface area contributed by atoms with E-state index in [9.17, 15) is 8.42 Å². The van der Waals surface area contributed by atoms with Gasteiger partial charge in [0.1, 0.15) is 0 Å². The van der Waals surface area contributed by atoms with Crippen molar-refractivity contribution in [3.05, 3.63) is 29.8 Å². The van der Waals surface area contributed by atoms with Crippen LogP contribution in [0.2, 0.25) is 0 Å². The number of hydrogen-bond donors (Lipinski definition) is 0. The predicted octanol–water partition coefficient (Wildman–Crippen LogP) is 5.04. The van der Waals surface area contributed by atoms with Crippen molar-refractivity contribution in [3.8, 4) is 0 Å². The highest BCUT2D eigenvalue weighted by atomic mass is 32.2. The van der Waals surface area contributed by atoms with Crippen molar-refractivity contribution in [3.63, 3.8) is 0 Å². The molecule has 0 amide bonds. The second-order valence-corrected chi connectivity index (χ2v) is 9.01. The fraction of sp³-hybridized carbons (Fsp3) is 0.714. The second kappa shape index (κ2) is 11.8. The smallest absolute Gasteiger partial charge is 0.296 e. The summed E-state index contributed by atoms with van der Waals surface area (Å²) in [6.45, 7) is 5.85. The summed E-state index contributed by atoms with van der Waals surface area (Å²) in [5.41, 5.74) is 0.924. The van der Waals surface area contributed by atoms with Crippen molar-refractivity contribution in [2.45, 2.75) is 83.0 Å². The Morgan fingerprint density at radius 1 is 1.15 bits per heavy atom. The molecule has 6 heteroatoms. The minimum Gasteiger partial charge on any atom is -0.353 e. The minimum absolute atomic E-state index is 0.147. The predicted molar refractivity (Wildman–Crippen MR) is 106 cm³/mol. The molecule has 0 aromatic heterocycles. The van der Waals surface area contributed by atoms with Crippen LogP contribution in [0.3, 0.4) is 0 Å². The molecule has 1 aliphatic rings. The quantitative estimate of drug-likeness (QED) is 0.364. The number of rotatable bonds is 12. The molecular formula is C21H34O5S. The normalized spacial score (nSPS) is 19.1. The van der Waals surface area contributed by atoms with Crippen LogP contribution in [0.15, 0.2) is 29.2 Å². The zero-order valence-corrected chi connectivity index (χ0v) is 17.5. The summed E-state index contributed by atoms with van der Waals surface area (Å²) in [6.07, 6.45) is 8.25. The molecule has 2 unspecified atom stereocenters. The third-order valence-corrected chi connectivity index (χ3v) is 6.39. The summed E-state index contributed by atoms with van der Waals surface area (Å²) < 4.78 is 40.9. The van der Waals surface area contributed by atoms with Gasteiger partial charge in [0, 0.05) is 6.61 Å². The van der Waals surface area contributed by atoms with Gasteiger partial charge in [0.2, 0.25) is 0 Å². The zero-order chi connectivity index (χ0) is 19.5. The van der Waals surface area contributed by atoms with E-state index in [1.165, 1.54) is 12.8 Å². The fourth-order valence-corrected chi connectivity index (χ4v) is 3.94. The number of unbranched alkanes of at least 4 members (excludes halogenated alkanes) is 2. The highest BCUT2D eigenvalue weighted by molar-refractivity contribution is 7.86. The van der Waals surface area contributed by atoms with Crippen LogP contribution in [0.4, 0.5) is 0 Å². The first kappa shape index (κ1) is 22.3. The lowest BCUT2D eigenvalue weighted by Gasteiger charge is -2.22. The molecule has 1 aromatic carbocycles. The van der Waals surface area contributed by atoms with Crippen molar-refractivity contribution in [1.29, 1.82) is 0 Å². The van der Waals surface area contributed by atoms with Crippen LogP contribution in [0.1, 0.15) is 70.8 Å². The Morgan fingerprint density at radius 3 is 2.59 bits per heavy atom. The molecule has 2 rings (SSSR count). The highest BCUT2D eigenvalue weighted by Crippen LogP contribution is 2.18. The van der Waals surface area contributed by atoms with Crippen molar-refractivity contribution in [2.75, 3.05) is 13.2 Å².